The maximum Gasteiger partial charge on any atom is 0.273 e. The lowest BCUT2D eigenvalue weighted by molar-refractivity contribution is -0.385. The first kappa shape index (κ1) is 17.7. The van der Waals surface area contributed by atoms with E-state index in [0.717, 1.165) is 0 Å². The van der Waals surface area contributed by atoms with Gasteiger partial charge in [-0.3, -0.25) is 29.8 Å². The summed E-state index contributed by atoms with van der Waals surface area (Å²) in [5.41, 5.74) is 3.46. The van der Waals surface area contributed by atoms with Crippen molar-refractivity contribution in [1.82, 2.24) is 10.0 Å². The lowest BCUT2D eigenvalue weighted by Crippen LogP contribution is -2.43. The molecule has 0 spiro atoms. The van der Waals surface area contributed by atoms with E-state index in [2.05, 4.69) is 5.48 Å². The van der Waals surface area contributed by atoms with E-state index >= 15 is 0 Å². The average molecular weight is 357 g/mol. The SMILES string of the molecule is CONC1=C(n2ccccc2=O)c2c(ccc([N+](=O)[O-])c2C)OC1(C)C. The first-order valence-corrected chi connectivity index (χ1v) is 7.97. The second-order valence-electron chi connectivity index (χ2n) is 6.39. The number of hydrogen-bond donors (Lipinski definition) is 1. The Morgan fingerprint density at radius 1 is 1.27 bits per heavy atom. The van der Waals surface area contributed by atoms with E-state index in [1.165, 1.54) is 23.8 Å². The summed E-state index contributed by atoms with van der Waals surface area (Å²) in [7, 11) is 1.45. The van der Waals surface area contributed by atoms with Crippen LogP contribution in [0.2, 0.25) is 0 Å². The Hall–Kier alpha value is -3.13. The summed E-state index contributed by atoms with van der Waals surface area (Å²) in [6.07, 6.45) is 1.61. The molecule has 26 heavy (non-hydrogen) atoms. The van der Waals surface area contributed by atoms with Crippen LogP contribution in [-0.2, 0) is 4.84 Å². The highest BCUT2D eigenvalue weighted by Crippen LogP contribution is 2.44. The molecule has 0 aliphatic carbocycles. The third-order valence-electron chi connectivity index (χ3n) is 4.30. The van der Waals surface area contributed by atoms with Gasteiger partial charge in [-0.15, -0.1) is 0 Å². The molecule has 1 aliphatic heterocycles. The molecule has 0 saturated carbocycles. The van der Waals surface area contributed by atoms with Crippen molar-refractivity contribution in [3.05, 3.63) is 73.8 Å². The monoisotopic (exact) mass is 357 g/mol. The van der Waals surface area contributed by atoms with Crippen LogP contribution in [0.5, 0.6) is 5.75 Å². The summed E-state index contributed by atoms with van der Waals surface area (Å²) in [4.78, 5) is 28.5. The van der Waals surface area contributed by atoms with Crippen molar-refractivity contribution in [3.63, 3.8) is 0 Å². The van der Waals surface area contributed by atoms with E-state index in [9.17, 15) is 14.9 Å². The summed E-state index contributed by atoms with van der Waals surface area (Å²) in [6.45, 7) is 5.28. The number of ether oxygens (including phenoxy) is 1. The number of rotatable bonds is 4. The number of nitrogens with one attached hydrogen (secondary N) is 1. The second-order valence-corrected chi connectivity index (χ2v) is 6.39. The van der Waals surface area contributed by atoms with Gasteiger partial charge in [-0.25, -0.2) is 0 Å². The predicted molar refractivity (Wildman–Crippen MR) is 95.7 cm³/mol. The minimum Gasteiger partial charge on any atom is -0.481 e. The van der Waals surface area contributed by atoms with Gasteiger partial charge in [0.15, 0.2) is 0 Å². The quantitative estimate of drug-likeness (QED) is 0.667. The molecule has 8 heteroatoms. The Labute approximate surface area is 149 Å². The Bertz CT molecular complexity index is 975. The fourth-order valence-corrected chi connectivity index (χ4v) is 3.12. The highest BCUT2D eigenvalue weighted by atomic mass is 16.6. The van der Waals surface area contributed by atoms with Crippen molar-refractivity contribution in [2.45, 2.75) is 26.4 Å². The van der Waals surface area contributed by atoms with Crippen LogP contribution in [0.4, 0.5) is 5.69 Å². The minimum atomic E-state index is -0.851. The first-order valence-electron chi connectivity index (χ1n) is 7.97. The summed E-state index contributed by atoms with van der Waals surface area (Å²) in [5, 5.41) is 11.4. The van der Waals surface area contributed by atoms with Crippen molar-refractivity contribution < 1.29 is 14.5 Å². The number of nitrogens with zero attached hydrogens (tertiary/aromatic N) is 2. The highest BCUT2D eigenvalue weighted by molar-refractivity contribution is 5.80. The van der Waals surface area contributed by atoms with E-state index in [1.54, 1.807) is 31.3 Å². The van der Waals surface area contributed by atoms with Crippen molar-refractivity contribution in [2.75, 3.05) is 7.11 Å². The van der Waals surface area contributed by atoms with Crippen LogP contribution in [-0.4, -0.2) is 22.2 Å². The molecular formula is C18H19N3O5. The van der Waals surface area contributed by atoms with Gasteiger partial charge in [0.25, 0.3) is 11.2 Å². The maximum absolute atomic E-state index is 12.5. The molecule has 0 unspecified atom stereocenters. The Morgan fingerprint density at radius 2 is 2.00 bits per heavy atom. The Kier molecular flexibility index (Phi) is 4.29. The van der Waals surface area contributed by atoms with Crippen LogP contribution < -0.4 is 15.8 Å². The molecule has 0 atom stereocenters. The molecule has 2 heterocycles. The fourth-order valence-electron chi connectivity index (χ4n) is 3.12. The predicted octanol–water partition coefficient (Wildman–Crippen LogP) is 2.60. The van der Waals surface area contributed by atoms with Gasteiger partial charge in [0.1, 0.15) is 17.0 Å². The molecule has 0 fully saturated rings. The summed E-state index contributed by atoms with van der Waals surface area (Å²) in [6, 6.07) is 7.73. The molecule has 1 aromatic heterocycles. The minimum absolute atomic E-state index is 0.0506. The smallest absolute Gasteiger partial charge is 0.273 e. The number of benzene rings is 1. The maximum atomic E-state index is 12.5. The van der Waals surface area contributed by atoms with E-state index < -0.39 is 10.5 Å². The molecule has 1 aliphatic rings. The van der Waals surface area contributed by atoms with Crippen molar-refractivity contribution in [2.24, 2.45) is 0 Å². The summed E-state index contributed by atoms with van der Waals surface area (Å²) >= 11 is 0. The Balaban J connectivity index is 2.45. The molecule has 8 nitrogen and oxygen atoms in total. The molecule has 0 bridgehead atoms. The van der Waals surface area contributed by atoms with Crippen molar-refractivity contribution >= 4 is 11.4 Å². The number of pyridine rings is 1. The van der Waals surface area contributed by atoms with E-state index in [-0.39, 0.29) is 11.2 Å². The van der Waals surface area contributed by atoms with Crippen molar-refractivity contribution in [1.29, 1.82) is 0 Å². The highest BCUT2D eigenvalue weighted by Gasteiger charge is 2.39. The lowest BCUT2D eigenvalue weighted by atomic mass is 9.91. The molecule has 0 radical (unpaired) electrons. The fraction of sp³-hybridized carbons (Fsp3) is 0.278. The lowest BCUT2D eigenvalue weighted by Gasteiger charge is -2.37. The first-order chi connectivity index (χ1) is 12.3. The molecule has 1 aromatic carbocycles. The van der Waals surface area contributed by atoms with Gasteiger partial charge in [-0.2, -0.15) is 0 Å². The third-order valence-corrected chi connectivity index (χ3v) is 4.30. The Morgan fingerprint density at radius 3 is 2.62 bits per heavy atom. The molecule has 1 N–H and O–H groups in total. The third kappa shape index (κ3) is 2.74. The van der Waals surface area contributed by atoms with Gasteiger partial charge in [-0.05, 0) is 32.9 Å². The van der Waals surface area contributed by atoms with Crippen molar-refractivity contribution in [3.8, 4) is 5.75 Å². The van der Waals surface area contributed by atoms with E-state index in [0.29, 0.717) is 28.3 Å². The topological polar surface area (TPSA) is 95.6 Å². The molecule has 2 aromatic rings. The summed E-state index contributed by atoms with van der Waals surface area (Å²) in [5.74, 6) is 0.463. The van der Waals surface area contributed by atoms with Crippen LogP contribution in [0, 0.1) is 17.0 Å². The van der Waals surface area contributed by atoms with Crippen LogP contribution in [0.3, 0.4) is 0 Å². The van der Waals surface area contributed by atoms with Gasteiger partial charge in [0, 0.05) is 23.9 Å². The van der Waals surface area contributed by atoms with Crippen LogP contribution in [0.15, 0.2) is 47.0 Å². The average Bonchev–Trinajstić information content (AvgIpc) is 2.56. The van der Waals surface area contributed by atoms with Gasteiger partial charge >= 0.3 is 0 Å². The normalized spacial score (nSPS) is 15.2. The zero-order chi connectivity index (χ0) is 19.1. The van der Waals surface area contributed by atoms with Gasteiger partial charge in [-0.1, -0.05) is 6.07 Å². The van der Waals surface area contributed by atoms with Gasteiger partial charge < -0.3 is 4.74 Å². The molecule has 3 rings (SSSR count). The largest absolute Gasteiger partial charge is 0.481 e. The number of fused-ring (bicyclic) bond motifs is 1. The zero-order valence-corrected chi connectivity index (χ0v) is 14.9. The zero-order valence-electron chi connectivity index (χ0n) is 14.9. The number of aromatic nitrogens is 1. The molecule has 136 valence electrons. The second kappa shape index (κ2) is 6.30. The molecular weight excluding hydrogens is 338 g/mol. The van der Waals surface area contributed by atoms with Gasteiger partial charge in [0.05, 0.1) is 23.3 Å². The van der Waals surface area contributed by atoms with Crippen LogP contribution in [0.1, 0.15) is 25.0 Å². The number of nitro benzene ring substituents is 1. The van der Waals surface area contributed by atoms with E-state index in [4.69, 9.17) is 9.57 Å². The number of nitro groups is 1. The van der Waals surface area contributed by atoms with E-state index in [1.807, 2.05) is 13.8 Å². The van der Waals surface area contributed by atoms with Crippen LogP contribution >= 0.6 is 0 Å². The van der Waals surface area contributed by atoms with Crippen LogP contribution in [0.25, 0.3) is 5.70 Å². The van der Waals surface area contributed by atoms with Gasteiger partial charge in [0.2, 0.25) is 0 Å². The number of hydrogen-bond acceptors (Lipinski definition) is 6. The summed E-state index contributed by atoms with van der Waals surface area (Å²) < 4.78 is 7.49. The standard InChI is InChI=1S/C18H19N3O5/c1-11-12(21(23)24)8-9-13-15(11)16(20-10-6-5-7-14(20)22)17(19-25-4)18(2,3)26-13/h5-10,19H,1-4H3. The molecule has 0 saturated heterocycles. The number of hydroxylamine groups is 1. The molecule has 0 amide bonds.